The molecule has 1 aliphatic rings. The fourth-order valence-corrected chi connectivity index (χ4v) is 2.84. The van der Waals surface area contributed by atoms with E-state index in [1.54, 1.807) is 11.9 Å². The monoisotopic (exact) mass is 473 g/mol. The summed E-state index contributed by atoms with van der Waals surface area (Å²) in [6, 6.07) is 0. The predicted molar refractivity (Wildman–Crippen MR) is 116 cm³/mol. The standard InChI is InChI=1S/C20H35N5O8/c1-25-13-15(12-19(25)29)20(30)24-6-8-32-11-10-31-7-3-18(28)22-4-2-17(27)23-5-9-33-14-16(21)26/h15H,2-14H2,1H3,(H2,21,26)(H,22,28)(H,23,27)(H,24,30). The third kappa shape index (κ3) is 14.1. The number of nitrogens with two attached hydrogens (primary N) is 1. The molecule has 1 atom stereocenters. The van der Waals surface area contributed by atoms with E-state index in [2.05, 4.69) is 16.0 Å². The Hall–Kier alpha value is -2.77. The molecule has 0 aromatic rings. The van der Waals surface area contributed by atoms with Crippen LogP contribution in [0.2, 0.25) is 0 Å². The number of nitrogens with zero attached hydrogens (tertiary/aromatic N) is 1. The smallest absolute Gasteiger partial charge is 0.243 e. The van der Waals surface area contributed by atoms with Crippen LogP contribution in [0.25, 0.3) is 0 Å². The van der Waals surface area contributed by atoms with Crippen molar-refractivity contribution in [3.63, 3.8) is 0 Å². The minimum Gasteiger partial charge on any atom is -0.379 e. The van der Waals surface area contributed by atoms with Crippen LogP contribution in [-0.2, 0) is 38.2 Å². The summed E-state index contributed by atoms with van der Waals surface area (Å²) >= 11 is 0. The van der Waals surface area contributed by atoms with Gasteiger partial charge in [-0.3, -0.25) is 24.0 Å². The highest BCUT2D eigenvalue weighted by molar-refractivity contribution is 5.89. The highest BCUT2D eigenvalue weighted by atomic mass is 16.5. The number of carbonyl (C=O) groups excluding carboxylic acids is 5. The summed E-state index contributed by atoms with van der Waals surface area (Å²) in [4.78, 5) is 58.6. The third-order valence-corrected chi connectivity index (χ3v) is 4.59. The molecule has 0 saturated carbocycles. The number of carbonyl (C=O) groups is 5. The van der Waals surface area contributed by atoms with Crippen molar-refractivity contribution >= 4 is 29.5 Å². The molecule has 1 aliphatic heterocycles. The van der Waals surface area contributed by atoms with Crippen LogP contribution in [0.3, 0.4) is 0 Å². The Kier molecular flexibility index (Phi) is 14.4. The highest BCUT2D eigenvalue weighted by Crippen LogP contribution is 2.15. The Morgan fingerprint density at radius 3 is 2.15 bits per heavy atom. The molecule has 0 aromatic carbocycles. The number of nitrogens with one attached hydrogen (secondary N) is 3. The first-order valence-corrected chi connectivity index (χ1v) is 10.9. The van der Waals surface area contributed by atoms with Crippen LogP contribution in [0.15, 0.2) is 0 Å². The molecular formula is C20H35N5O8. The predicted octanol–water partition coefficient (Wildman–Crippen LogP) is -2.87. The lowest BCUT2D eigenvalue weighted by Gasteiger charge is -2.11. The lowest BCUT2D eigenvalue weighted by Crippen LogP contribution is -2.34. The Labute approximate surface area is 193 Å². The zero-order valence-corrected chi connectivity index (χ0v) is 19.1. The van der Waals surface area contributed by atoms with E-state index >= 15 is 0 Å². The molecule has 0 aromatic heterocycles. The summed E-state index contributed by atoms with van der Waals surface area (Å²) in [5.41, 5.74) is 4.91. The van der Waals surface area contributed by atoms with Crippen molar-refractivity contribution in [2.24, 2.45) is 11.7 Å². The molecule has 1 saturated heterocycles. The normalized spacial score (nSPS) is 15.4. The van der Waals surface area contributed by atoms with E-state index in [9.17, 15) is 24.0 Å². The van der Waals surface area contributed by atoms with Gasteiger partial charge in [-0.1, -0.05) is 0 Å². The van der Waals surface area contributed by atoms with Gasteiger partial charge in [0.25, 0.3) is 0 Å². The summed E-state index contributed by atoms with van der Waals surface area (Å²) < 4.78 is 15.6. The maximum atomic E-state index is 11.9. The SMILES string of the molecule is CN1CC(C(=O)NCCOCCOCCC(=O)NCCC(=O)NCCOCC(N)=O)CC1=O. The maximum absolute atomic E-state index is 11.9. The first-order chi connectivity index (χ1) is 15.8. The summed E-state index contributed by atoms with van der Waals surface area (Å²) in [5.74, 6) is -1.53. The van der Waals surface area contributed by atoms with Crippen LogP contribution in [0, 0.1) is 5.92 Å². The molecule has 1 unspecified atom stereocenters. The molecule has 188 valence electrons. The first-order valence-electron chi connectivity index (χ1n) is 10.9. The number of hydrogen-bond acceptors (Lipinski definition) is 8. The van der Waals surface area contributed by atoms with E-state index in [-0.39, 0.29) is 81.7 Å². The van der Waals surface area contributed by atoms with Crippen LogP contribution in [-0.4, -0.2) is 107 Å². The fourth-order valence-electron chi connectivity index (χ4n) is 2.84. The van der Waals surface area contributed by atoms with Gasteiger partial charge in [-0.25, -0.2) is 0 Å². The second-order valence-electron chi connectivity index (χ2n) is 7.41. The second kappa shape index (κ2) is 16.8. The average Bonchev–Trinajstić information content (AvgIpc) is 3.10. The van der Waals surface area contributed by atoms with Crippen molar-refractivity contribution in [3.05, 3.63) is 0 Å². The van der Waals surface area contributed by atoms with Gasteiger partial charge < -0.3 is 40.8 Å². The largest absolute Gasteiger partial charge is 0.379 e. The molecule has 1 fully saturated rings. The van der Waals surface area contributed by atoms with Crippen LogP contribution in [0.1, 0.15) is 19.3 Å². The lowest BCUT2D eigenvalue weighted by molar-refractivity contribution is -0.128. The van der Waals surface area contributed by atoms with Crippen molar-refractivity contribution in [1.82, 2.24) is 20.9 Å². The van der Waals surface area contributed by atoms with Gasteiger partial charge in [-0.05, 0) is 0 Å². The molecular weight excluding hydrogens is 438 g/mol. The number of ether oxygens (including phenoxy) is 3. The minimum absolute atomic E-state index is 0.0246. The van der Waals surface area contributed by atoms with Crippen molar-refractivity contribution in [1.29, 1.82) is 0 Å². The van der Waals surface area contributed by atoms with Crippen LogP contribution >= 0.6 is 0 Å². The molecule has 1 rings (SSSR count). The summed E-state index contributed by atoms with van der Waals surface area (Å²) in [6.07, 6.45) is 0.528. The number of hydrogen-bond donors (Lipinski definition) is 4. The van der Waals surface area contributed by atoms with Crippen LogP contribution < -0.4 is 21.7 Å². The molecule has 0 spiro atoms. The Balaban J connectivity index is 1.87. The molecule has 33 heavy (non-hydrogen) atoms. The number of likely N-dealkylation sites (tertiary alicyclic amines) is 1. The van der Waals surface area contributed by atoms with E-state index < -0.39 is 5.91 Å². The zero-order valence-electron chi connectivity index (χ0n) is 19.1. The van der Waals surface area contributed by atoms with Crippen LogP contribution in [0.5, 0.6) is 0 Å². The van der Waals surface area contributed by atoms with Gasteiger partial charge in [0.05, 0.1) is 39.0 Å². The Morgan fingerprint density at radius 2 is 1.48 bits per heavy atom. The van der Waals surface area contributed by atoms with Gasteiger partial charge >= 0.3 is 0 Å². The highest BCUT2D eigenvalue weighted by Gasteiger charge is 2.31. The zero-order chi connectivity index (χ0) is 24.5. The quantitative estimate of drug-likeness (QED) is 0.153. The van der Waals surface area contributed by atoms with Crippen molar-refractivity contribution in [2.75, 3.05) is 72.9 Å². The van der Waals surface area contributed by atoms with Crippen molar-refractivity contribution < 1.29 is 38.2 Å². The van der Waals surface area contributed by atoms with E-state index in [0.717, 1.165) is 0 Å². The van der Waals surface area contributed by atoms with Gasteiger partial charge in [-0.2, -0.15) is 0 Å². The molecule has 5 amide bonds. The molecule has 0 bridgehead atoms. The average molecular weight is 474 g/mol. The Bertz CT molecular complexity index is 660. The topological polar surface area (TPSA) is 178 Å². The fraction of sp³-hybridized carbons (Fsp3) is 0.750. The van der Waals surface area contributed by atoms with Crippen molar-refractivity contribution in [2.45, 2.75) is 19.3 Å². The summed E-state index contributed by atoms with van der Waals surface area (Å²) in [5, 5.41) is 7.95. The van der Waals surface area contributed by atoms with Gasteiger partial charge in [-0.15, -0.1) is 0 Å². The molecule has 13 heteroatoms. The second-order valence-corrected chi connectivity index (χ2v) is 7.41. The first kappa shape index (κ1) is 28.3. The number of amides is 5. The lowest BCUT2D eigenvalue weighted by atomic mass is 10.1. The maximum Gasteiger partial charge on any atom is 0.243 e. The van der Waals surface area contributed by atoms with E-state index in [0.29, 0.717) is 32.9 Å². The van der Waals surface area contributed by atoms with Crippen LogP contribution in [0.4, 0.5) is 0 Å². The summed E-state index contributed by atoms with van der Waals surface area (Å²) in [6.45, 7) is 2.41. The van der Waals surface area contributed by atoms with Gasteiger partial charge in [0, 0.05) is 52.5 Å². The minimum atomic E-state index is -0.575. The van der Waals surface area contributed by atoms with E-state index in [1.807, 2.05) is 0 Å². The molecule has 0 aliphatic carbocycles. The van der Waals surface area contributed by atoms with Gasteiger partial charge in [0.1, 0.15) is 6.61 Å². The summed E-state index contributed by atoms with van der Waals surface area (Å²) in [7, 11) is 1.68. The van der Waals surface area contributed by atoms with Gasteiger partial charge in [0.2, 0.25) is 29.5 Å². The number of primary amides is 1. The van der Waals surface area contributed by atoms with E-state index in [4.69, 9.17) is 19.9 Å². The molecule has 0 radical (unpaired) electrons. The van der Waals surface area contributed by atoms with Crippen molar-refractivity contribution in [3.8, 4) is 0 Å². The third-order valence-electron chi connectivity index (χ3n) is 4.59. The molecule has 13 nitrogen and oxygen atoms in total. The Morgan fingerprint density at radius 1 is 0.879 bits per heavy atom. The molecule has 5 N–H and O–H groups in total. The van der Waals surface area contributed by atoms with E-state index in [1.165, 1.54) is 0 Å². The van der Waals surface area contributed by atoms with Gasteiger partial charge in [0.15, 0.2) is 0 Å². The molecule has 1 heterocycles. The number of rotatable bonds is 18.